The molecule has 4 rings (SSSR count). The maximum absolute atomic E-state index is 12.5. The van der Waals surface area contributed by atoms with Crippen LogP contribution >= 0.6 is 0 Å². The number of carbonyl (C=O) groups is 2. The smallest absolute Gasteiger partial charge is 0.407 e. The average molecular weight is 431 g/mol. The topological polar surface area (TPSA) is 84.9 Å². The molecule has 164 valence electrons. The summed E-state index contributed by atoms with van der Waals surface area (Å²) >= 11 is 0. The second kappa shape index (κ2) is 9.56. The van der Waals surface area contributed by atoms with Gasteiger partial charge < -0.3 is 19.9 Å². The Kier molecular flexibility index (Phi) is 6.40. The van der Waals surface area contributed by atoms with E-state index in [4.69, 9.17) is 9.47 Å². The summed E-state index contributed by atoms with van der Waals surface area (Å²) in [6, 6.07) is 22.2. The Balaban J connectivity index is 1.40. The molecule has 0 saturated carbocycles. The van der Waals surface area contributed by atoms with Crippen LogP contribution in [0.1, 0.15) is 29.5 Å². The summed E-state index contributed by atoms with van der Waals surface area (Å²) in [6.07, 6.45) is -0.600. The van der Waals surface area contributed by atoms with E-state index in [1.807, 2.05) is 43.3 Å². The highest BCUT2D eigenvalue weighted by molar-refractivity contribution is 5.81. The number of rotatable bonds is 8. The van der Waals surface area contributed by atoms with Gasteiger partial charge in [0.2, 0.25) is 0 Å². The van der Waals surface area contributed by atoms with Crippen molar-refractivity contribution in [3.8, 4) is 16.9 Å². The molecule has 0 spiro atoms. The van der Waals surface area contributed by atoms with E-state index >= 15 is 0 Å². The fraction of sp³-hybridized carbons (Fsp3) is 0.231. The quantitative estimate of drug-likeness (QED) is 0.544. The highest BCUT2D eigenvalue weighted by Crippen LogP contribution is 2.44. The number of hydrogen-bond donors (Lipinski definition) is 2. The van der Waals surface area contributed by atoms with Crippen LogP contribution in [-0.4, -0.2) is 36.4 Å². The molecule has 2 N–H and O–H groups in total. The number of hydrogen-bond acceptors (Lipinski definition) is 4. The van der Waals surface area contributed by atoms with Gasteiger partial charge >= 0.3 is 12.1 Å². The molecule has 6 heteroatoms. The lowest BCUT2D eigenvalue weighted by atomic mass is 9.98. The number of carbonyl (C=O) groups excluding carboxylic acids is 1. The largest absolute Gasteiger partial charge is 0.494 e. The molecule has 3 aromatic carbocycles. The number of amides is 1. The van der Waals surface area contributed by atoms with Gasteiger partial charge in [-0.25, -0.2) is 9.59 Å². The van der Waals surface area contributed by atoms with Crippen LogP contribution in [0.3, 0.4) is 0 Å². The van der Waals surface area contributed by atoms with Crippen molar-refractivity contribution in [2.24, 2.45) is 0 Å². The molecule has 3 aromatic rings. The van der Waals surface area contributed by atoms with Gasteiger partial charge in [0.1, 0.15) is 18.4 Å². The highest BCUT2D eigenvalue weighted by atomic mass is 16.5. The zero-order chi connectivity index (χ0) is 22.5. The minimum absolute atomic E-state index is 0.0810. The Hall–Kier alpha value is -3.80. The summed E-state index contributed by atoms with van der Waals surface area (Å²) < 4.78 is 10.9. The number of nitrogens with one attached hydrogen (secondary N) is 1. The fourth-order valence-corrected chi connectivity index (χ4v) is 4.11. The fourth-order valence-electron chi connectivity index (χ4n) is 4.11. The van der Waals surface area contributed by atoms with E-state index in [0.29, 0.717) is 12.4 Å². The summed E-state index contributed by atoms with van der Waals surface area (Å²) in [6.45, 7) is 2.59. The van der Waals surface area contributed by atoms with Gasteiger partial charge in [-0.2, -0.15) is 0 Å². The molecule has 0 bridgehead atoms. The molecule has 6 nitrogen and oxygen atoms in total. The van der Waals surface area contributed by atoms with Gasteiger partial charge in [-0.1, -0.05) is 60.7 Å². The third kappa shape index (κ3) is 4.59. The molecule has 0 aliphatic heterocycles. The maximum Gasteiger partial charge on any atom is 0.407 e. The van der Waals surface area contributed by atoms with Gasteiger partial charge in [0.25, 0.3) is 0 Å². The Morgan fingerprint density at radius 1 is 0.938 bits per heavy atom. The van der Waals surface area contributed by atoms with Crippen LogP contribution in [0.5, 0.6) is 5.75 Å². The summed E-state index contributed by atoms with van der Waals surface area (Å²) in [5, 5.41) is 12.1. The summed E-state index contributed by atoms with van der Waals surface area (Å²) in [7, 11) is 0. The van der Waals surface area contributed by atoms with Crippen molar-refractivity contribution in [3.05, 3.63) is 89.5 Å². The third-order valence-electron chi connectivity index (χ3n) is 5.61. The molecular weight excluding hydrogens is 406 g/mol. The number of benzene rings is 3. The predicted molar refractivity (Wildman–Crippen MR) is 121 cm³/mol. The Labute approximate surface area is 186 Å². The number of carboxylic acids is 1. The van der Waals surface area contributed by atoms with E-state index in [0.717, 1.165) is 27.8 Å². The van der Waals surface area contributed by atoms with Crippen LogP contribution in [-0.2, 0) is 16.0 Å². The van der Waals surface area contributed by atoms with Crippen LogP contribution in [0.15, 0.2) is 72.8 Å². The van der Waals surface area contributed by atoms with Crippen molar-refractivity contribution in [2.45, 2.75) is 25.3 Å². The summed E-state index contributed by atoms with van der Waals surface area (Å²) in [5.74, 6) is -0.484. The number of aliphatic carboxylic acids is 1. The number of ether oxygens (including phenoxy) is 2. The average Bonchev–Trinajstić information content (AvgIpc) is 3.12. The first kappa shape index (κ1) is 21.4. The second-order valence-electron chi connectivity index (χ2n) is 7.64. The molecule has 0 unspecified atom stereocenters. The first-order valence-corrected chi connectivity index (χ1v) is 10.6. The second-order valence-corrected chi connectivity index (χ2v) is 7.64. The Morgan fingerprint density at radius 3 is 2.09 bits per heavy atom. The maximum atomic E-state index is 12.5. The van der Waals surface area contributed by atoms with E-state index in [1.165, 1.54) is 0 Å². The minimum atomic E-state index is -1.12. The van der Waals surface area contributed by atoms with Crippen molar-refractivity contribution in [2.75, 3.05) is 13.2 Å². The van der Waals surface area contributed by atoms with E-state index in [9.17, 15) is 14.7 Å². The number of carboxylic acid groups (broad SMARTS) is 1. The molecule has 1 aliphatic rings. The van der Waals surface area contributed by atoms with Crippen LogP contribution < -0.4 is 10.1 Å². The predicted octanol–water partition coefficient (Wildman–Crippen LogP) is 4.62. The molecule has 0 heterocycles. The highest BCUT2D eigenvalue weighted by Gasteiger charge is 2.29. The van der Waals surface area contributed by atoms with Gasteiger partial charge in [-0.05, 0) is 46.9 Å². The monoisotopic (exact) mass is 431 g/mol. The normalized spacial score (nSPS) is 13.0. The lowest BCUT2D eigenvalue weighted by molar-refractivity contribution is -0.139. The Bertz CT molecular complexity index is 1060. The standard InChI is InChI=1S/C26H25NO5/c1-2-31-18-13-11-17(12-14-18)15-24(25(28)29)27-26(30)32-16-23-21-9-5-3-7-19(21)20-8-4-6-10-22(20)23/h3-14,23-24H,2,15-16H2,1H3,(H,27,30)(H,28,29)/t24-/m0/s1. The van der Waals surface area contributed by atoms with Gasteiger partial charge in [0.15, 0.2) is 0 Å². The number of alkyl carbamates (subject to hydrolysis) is 1. The molecule has 0 aromatic heterocycles. The van der Waals surface area contributed by atoms with E-state index in [-0.39, 0.29) is 18.9 Å². The van der Waals surface area contributed by atoms with Crippen molar-refractivity contribution in [1.82, 2.24) is 5.32 Å². The number of fused-ring (bicyclic) bond motifs is 3. The van der Waals surface area contributed by atoms with E-state index in [1.54, 1.807) is 24.3 Å². The third-order valence-corrected chi connectivity index (χ3v) is 5.61. The van der Waals surface area contributed by atoms with Gasteiger partial charge in [-0.15, -0.1) is 0 Å². The van der Waals surface area contributed by atoms with Crippen LogP contribution in [0.4, 0.5) is 4.79 Å². The molecule has 1 aliphatic carbocycles. The summed E-state index contributed by atoms with van der Waals surface area (Å²) in [5.41, 5.74) is 5.25. The van der Waals surface area contributed by atoms with Crippen molar-refractivity contribution in [1.29, 1.82) is 0 Å². The van der Waals surface area contributed by atoms with Crippen molar-refractivity contribution < 1.29 is 24.2 Å². The van der Waals surface area contributed by atoms with Gasteiger partial charge in [0.05, 0.1) is 6.61 Å². The van der Waals surface area contributed by atoms with Crippen LogP contribution in [0, 0.1) is 0 Å². The molecule has 1 atom stereocenters. The van der Waals surface area contributed by atoms with Gasteiger partial charge in [-0.3, -0.25) is 0 Å². The molecule has 0 saturated heterocycles. The van der Waals surface area contributed by atoms with Crippen molar-refractivity contribution in [3.63, 3.8) is 0 Å². The first-order valence-electron chi connectivity index (χ1n) is 10.6. The van der Waals surface area contributed by atoms with Crippen molar-refractivity contribution >= 4 is 12.1 Å². The molecule has 1 amide bonds. The lowest BCUT2D eigenvalue weighted by Crippen LogP contribution is -2.42. The first-order chi connectivity index (χ1) is 15.6. The molecular formula is C26H25NO5. The van der Waals surface area contributed by atoms with Gasteiger partial charge in [0, 0.05) is 12.3 Å². The minimum Gasteiger partial charge on any atom is -0.494 e. The molecule has 0 radical (unpaired) electrons. The zero-order valence-electron chi connectivity index (χ0n) is 17.8. The lowest BCUT2D eigenvalue weighted by Gasteiger charge is -2.17. The molecule has 32 heavy (non-hydrogen) atoms. The zero-order valence-corrected chi connectivity index (χ0v) is 17.8. The van der Waals surface area contributed by atoms with E-state index in [2.05, 4.69) is 17.4 Å². The molecule has 0 fully saturated rings. The SMILES string of the molecule is CCOc1ccc(C[C@H](NC(=O)OCC2c3ccccc3-c3ccccc32)C(=O)O)cc1. The summed E-state index contributed by atoms with van der Waals surface area (Å²) in [4.78, 5) is 24.2. The van der Waals surface area contributed by atoms with E-state index < -0.39 is 18.1 Å². The van der Waals surface area contributed by atoms with Crippen LogP contribution in [0.25, 0.3) is 11.1 Å². The Morgan fingerprint density at radius 2 is 1.53 bits per heavy atom. The van der Waals surface area contributed by atoms with Crippen LogP contribution in [0.2, 0.25) is 0 Å².